The Morgan fingerprint density at radius 1 is 1.28 bits per heavy atom. The molecule has 1 aliphatic rings. The van der Waals surface area contributed by atoms with Crippen LogP contribution in [0.15, 0.2) is 24.3 Å². The summed E-state index contributed by atoms with van der Waals surface area (Å²) in [5, 5.41) is 1.18. The molecule has 0 aromatic heterocycles. The molecule has 0 N–H and O–H groups in total. The number of halogens is 2. The van der Waals surface area contributed by atoms with Crippen molar-refractivity contribution < 1.29 is 0 Å². The number of rotatable bonds is 4. The summed E-state index contributed by atoms with van der Waals surface area (Å²) in [4.78, 5) is 0. The third-order valence-electron chi connectivity index (χ3n) is 4.08. The standard InChI is InChI=1S/C16H22Cl2/c1-2-4-12-7-8-16(18)14(9-12)10-13-5-3-6-15(17)11-13/h3,5-6,11-12,14,16H,2,4,7-10H2,1H3. The van der Waals surface area contributed by atoms with E-state index in [1.807, 2.05) is 12.1 Å². The molecule has 3 atom stereocenters. The maximum Gasteiger partial charge on any atom is 0.0408 e. The van der Waals surface area contributed by atoms with Gasteiger partial charge >= 0.3 is 0 Å². The van der Waals surface area contributed by atoms with Gasteiger partial charge in [0.05, 0.1) is 0 Å². The van der Waals surface area contributed by atoms with E-state index in [1.54, 1.807) is 0 Å². The molecule has 0 radical (unpaired) electrons. The zero-order chi connectivity index (χ0) is 13.0. The molecule has 1 saturated carbocycles. The molecule has 1 fully saturated rings. The zero-order valence-electron chi connectivity index (χ0n) is 11.0. The summed E-state index contributed by atoms with van der Waals surface area (Å²) in [5.74, 6) is 1.50. The molecule has 1 aromatic carbocycles. The Morgan fingerprint density at radius 2 is 2.11 bits per heavy atom. The highest BCUT2D eigenvalue weighted by Gasteiger charge is 2.28. The van der Waals surface area contributed by atoms with Crippen molar-refractivity contribution >= 4 is 23.2 Å². The fourth-order valence-electron chi connectivity index (χ4n) is 3.17. The third-order valence-corrected chi connectivity index (χ3v) is 4.89. The topological polar surface area (TPSA) is 0 Å². The Morgan fingerprint density at radius 3 is 2.83 bits per heavy atom. The first kappa shape index (κ1) is 14.2. The van der Waals surface area contributed by atoms with Crippen LogP contribution in [0.3, 0.4) is 0 Å². The lowest BCUT2D eigenvalue weighted by Crippen LogP contribution is -2.27. The van der Waals surface area contributed by atoms with Gasteiger partial charge in [-0.15, -0.1) is 11.6 Å². The van der Waals surface area contributed by atoms with E-state index in [4.69, 9.17) is 23.2 Å². The Hall–Kier alpha value is -0.200. The van der Waals surface area contributed by atoms with Crippen LogP contribution in [0.2, 0.25) is 5.02 Å². The highest BCUT2D eigenvalue weighted by atomic mass is 35.5. The predicted molar refractivity (Wildman–Crippen MR) is 80.5 cm³/mol. The molecule has 0 amide bonds. The van der Waals surface area contributed by atoms with Crippen LogP contribution < -0.4 is 0 Å². The molecule has 0 heterocycles. The quantitative estimate of drug-likeness (QED) is 0.622. The van der Waals surface area contributed by atoms with E-state index in [9.17, 15) is 0 Å². The van der Waals surface area contributed by atoms with Crippen LogP contribution in [0.25, 0.3) is 0 Å². The van der Waals surface area contributed by atoms with Crippen LogP contribution in [0.4, 0.5) is 0 Å². The second-order valence-corrected chi connectivity index (χ2v) is 6.57. The molecule has 100 valence electrons. The lowest BCUT2D eigenvalue weighted by atomic mass is 9.76. The average Bonchev–Trinajstić information content (AvgIpc) is 2.34. The molecule has 1 aromatic rings. The van der Waals surface area contributed by atoms with E-state index in [2.05, 4.69) is 19.1 Å². The number of hydrogen-bond acceptors (Lipinski definition) is 0. The van der Waals surface area contributed by atoms with Crippen LogP contribution in [-0.2, 0) is 6.42 Å². The van der Waals surface area contributed by atoms with Gasteiger partial charge in [-0.1, -0.05) is 43.5 Å². The normalized spacial score (nSPS) is 28.3. The van der Waals surface area contributed by atoms with Crippen molar-refractivity contribution in [2.75, 3.05) is 0 Å². The summed E-state index contributed by atoms with van der Waals surface area (Å²) in [6, 6.07) is 8.21. The molecular formula is C16H22Cl2. The SMILES string of the molecule is CCCC1CCC(Cl)C(Cc2cccc(Cl)c2)C1. The van der Waals surface area contributed by atoms with Crippen molar-refractivity contribution in [3.05, 3.63) is 34.9 Å². The van der Waals surface area contributed by atoms with Crippen molar-refractivity contribution in [2.24, 2.45) is 11.8 Å². The van der Waals surface area contributed by atoms with Gasteiger partial charge in [-0.3, -0.25) is 0 Å². The summed E-state index contributed by atoms with van der Waals surface area (Å²) in [6.07, 6.45) is 7.51. The lowest BCUT2D eigenvalue weighted by molar-refractivity contribution is 0.257. The highest BCUT2D eigenvalue weighted by molar-refractivity contribution is 6.30. The molecule has 3 unspecified atom stereocenters. The van der Waals surface area contributed by atoms with E-state index in [0.29, 0.717) is 11.3 Å². The average molecular weight is 285 g/mol. The van der Waals surface area contributed by atoms with Crippen molar-refractivity contribution in [3.8, 4) is 0 Å². The summed E-state index contributed by atoms with van der Waals surface area (Å²) in [6.45, 7) is 2.28. The summed E-state index contributed by atoms with van der Waals surface area (Å²) >= 11 is 12.5. The fourth-order valence-corrected chi connectivity index (χ4v) is 3.70. The van der Waals surface area contributed by atoms with Gasteiger partial charge < -0.3 is 0 Å². The van der Waals surface area contributed by atoms with Gasteiger partial charge in [-0.05, 0) is 55.2 Å². The van der Waals surface area contributed by atoms with Gasteiger partial charge in [-0.2, -0.15) is 0 Å². The third kappa shape index (κ3) is 3.90. The second kappa shape index (κ2) is 6.82. The predicted octanol–water partition coefficient (Wildman–Crippen LogP) is 5.71. The minimum Gasteiger partial charge on any atom is -0.123 e. The van der Waals surface area contributed by atoms with Gasteiger partial charge in [0.2, 0.25) is 0 Å². The molecule has 0 nitrogen and oxygen atoms in total. The molecule has 0 bridgehead atoms. The van der Waals surface area contributed by atoms with Gasteiger partial charge in [0.25, 0.3) is 0 Å². The number of benzene rings is 1. The monoisotopic (exact) mass is 284 g/mol. The van der Waals surface area contributed by atoms with Crippen molar-refractivity contribution in [2.45, 2.75) is 50.8 Å². The largest absolute Gasteiger partial charge is 0.123 e. The molecular weight excluding hydrogens is 263 g/mol. The first-order valence-electron chi connectivity index (χ1n) is 7.07. The van der Waals surface area contributed by atoms with Crippen LogP contribution in [0.5, 0.6) is 0 Å². The molecule has 1 aliphatic carbocycles. The lowest BCUT2D eigenvalue weighted by Gasteiger charge is -2.33. The van der Waals surface area contributed by atoms with Crippen LogP contribution in [-0.4, -0.2) is 5.38 Å². The number of alkyl halides is 1. The molecule has 0 spiro atoms. The van der Waals surface area contributed by atoms with Gasteiger partial charge in [0, 0.05) is 10.4 Å². The summed E-state index contributed by atoms with van der Waals surface area (Å²) in [5.41, 5.74) is 1.33. The first-order valence-corrected chi connectivity index (χ1v) is 7.89. The van der Waals surface area contributed by atoms with Crippen molar-refractivity contribution in [1.82, 2.24) is 0 Å². The Bertz CT molecular complexity index is 375. The van der Waals surface area contributed by atoms with Crippen LogP contribution in [0.1, 0.15) is 44.6 Å². The van der Waals surface area contributed by atoms with E-state index < -0.39 is 0 Å². The maximum atomic E-state index is 6.50. The molecule has 2 heteroatoms. The van der Waals surface area contributed by atoms with Crippen LogP contribution in [0, 0.1) is 11.8 Å². The molecule has 18 heavy (non-hydrogen) atoms. The van der Waals surface area contributed by atoms with E-state index >= 15 is 0 Å². The highest BCUT2D eigenvalue weighted by Crippen LogP contribution is 2.37. The fraction of sp³-hybridized carbons (Fsp3) is 0.625. The maximum absolute atomic E-state index is 6.50. The van der Waals surface area contributed by atoms with Gasteiger partial charge in [0.15, 0.2) is 0 Å². The smallest absolute Gasteiger partial charge is 0.0408 e. The van der Waals surface area contributed by atoms with Crippen LogP contribution >= 0.6 is 23.2 Å². The minimum absolute atomic E-state index is 0.345. The Labute approximate surface area is 121 Å². The number of hydrogen-bond donors (Lipinski definition) is 0. The molecule has 2 rings (SSSR count). The second-order valence-electron chi connectivity index (χ2n) is 5.58. The molecule has 0 saturated heterocycles. The Kier molecular flexibility index (Phi) is 5.38. The van der Waals surface area contributed by atoms with Crippen molar-refractivity contribution in [1.29, 1.82) is 0 Å². The van der Waals surface area contributed by atoms with E-state index in [1.165, 1.54) is 37.7 Å². The van der Waals surface area contributed by atoms with E-state index in [0.717, 1.165) is 17.4 Å². The van der Waals surface area contributed by atoms with Gasteiger partial charge in [-0.25, -0.2) is 0 Å². The Balaban J connectivity index is 1.98. The van der Waals surface area contributed by atoms with E-state index in [-0.39, 0.29) is 0 Å². The van der Waals surface area contributed by atoms with Gasteiger partial charge in [0.1, 0.15) is 0 Å². The van der Waals surface area contributed by atoms with Crippen molar-refractivity contribution in [3.63, 3.8) is 0 Å². The summed E-state index contributed by atoms with van der Waals surface area (Å²) in [7, 11) is 0. The molecule has 0 aliphatic heterocycles. The summed E-state index contributed by atoms with van der Waals surface area (Å²) < 4.78 is 0. The minimum atomic E-state index is 0.345. The zero-order valence-corrected chi connectivity index (χ0v) is 12.6. The first-order chi connectivity index (χ1) is 8.69.